The number of aryl methyl sites for hydroxylation is 1. The van der Waals surface area contributed by atoms with E-state index in [0.717, 1.165) is 16.9 Å². The molecule has 0 unspecified atom stereocenters. The van der Waals surface area contributed by atoms with Crippen molar-refractivity contribution in [3.63, 3.8) is 0 Å². The Bertz CT molecular complexity index is 937. The summed E-state index contributed by atoms with van der Waals surface area (Å²) in [6, 6.07) is 14.8. The Kier molecular flexibility index (Phi) is 9.07. The molecule has 0 atom stereocenters. The predicted octanol–water partition coefficient (Wildman–Crippen LogP) is 3.41. The van der Waals surface area contributed by atoms with Crippen molar-refractivity contribution in [1.82, 2.24) is 10.6 Å². The molecule has 2 rings (SSSR count). The number of anilines is 1. The number of carbonyl (C=O) groups is 3. The molecular weight excluding hydrogens is 410 g/mol. The summed E-state index contributed by atoms with van der Waals surface area (Å²) in [6.45, 7) is 5.27. The van der Waals surface area contributed by atoms with E-state index in [1.807, 2.05) is 36.4 Å². The van der Waals surface area contributed by atoms with Gasteiger partial charge in [-0.3, -0.25) is 9.59 Å². The van der Waals surface area contributed by atoms with Gasteiger partial charge in [0.05, 0.1) is 7.11 Å². The number of alkyl carbamates (subject to hydrolysis) is 1. The maximum atomic E-state index is 12.3. The highest BCUT2D eigenvalue weighted by Gasteiger charge is 2.17. The van der Waals surface area contributed by atoms with Crippen LogP contribution in [0.15, 0.2) is 48.5 Å². The lowest BCUT2D eigenvalue weighted by Crippen LogP contribution is -2.37. The molecule has 0 aromatic heterocycles. The number of rotatable bonds is 9. The summed E-state index contributed by atoms with van der Waals surface area (Å²) < 4.78 is 10.4. The van der Waals surface area contributed by atoms with Crippen molar-refractivity contribution >= 4 is 23.6 Å². The fourth-order valence-corrected chi connectivity index (χ4v) is 2.90. The highest BCUT2D eigenvalue weighted by molar-refractivity contribution is 5.94. The molecule has 0 fully saturated rings. The number of benzene rings is 2. The first-order chi connectivity index (χ1) is 15.2. The standard InChI is InChI=1S/C24H31N3O5/c1-24(2,3)32-23(30)26-16-22(29)27-19-11-7-5-10-18(19)15-25-21(28)14-13-17-9-6-8-12-20(17)31-4/h5-12H,13-16H2,1-4H3,(H,25,28)(H,26,30)(H,27,29). The van der Waals surface area contributed by atoms with Gasteiger partial charge in [-0.25, -0.2) is 4.79 Å². The number of carbonyl (C=O) groups excluding carboxylic acids is 3. The third kappa shape index (κ3) is 8.67. The van der Waals surface area contributed by atoms with Gasteiger partial charge >= 0.3 is 6.09 Å². The molecule has 0 aliphatic heterocycles. The fraction of sp³-hybridized carbons (Fsp3) is 0.375. The van der Waals surface area contributed by atoms with Crippen molar-refractivity contribution in [3.05, 3.63) is 59.7 Å². The van der Waals surface area contributed by atoms with Crippen LogP contribution in [0.2, 0.25) is 0 Å². The minimum Gasteiger partial charge on any atom is -0.496 e. The molecule has 3 N–H and O–H groups in total. The summed E-state index contributed by atoms with van der Waals surface area (Å²) in [5.41, 5.74) is 1.64. The summed E-state index contributed by atoms with van der Waals surface area (Å²) in [6.07, 6.45) is 0.211. The second-order valence-corrected chi connectivity index (χ2v) is 8.15. The highest BCUT2D eigenvalue weighted by atomic mass is 16.6. The van der Waals surface area contributed by atoms with Crippen molar-refractivity contribution < 1.29 is 23.9 Å². The lowest BCUT2D eigenvalue weighted by Gasteiger charge is -2.19. The van der Waals surface area contributed by atoms with E-state index in [-0.39, 0.29) is 19.0 Å². The zero-order chi connectivity index (χ0) is 23.6. The second-order valence-electron chi connectivity index (χ2n) is 8.15. The quantitative estimate of drug-likeness (QED) is 0.553. The summed E-state index contributed by atoms with van der Waals surface area (Å²) >= 11 is 0. The van der Waals surface area contributed by atoms with E-state index in [1.54, 1.807) is 40.0 Å². The minimum absolute atomic E-state index is 0.108. The van der Waals surface area contributed by atoms with Crippen LogP contribution in [0.25, 0.3) is 0 Å². The molecule has 0 spiro atoms. The molecule has 0 bridgehead atoms. The Morgan fingerprint density at radius 1 is 0.875 bits per heavy atom. The van der Waals surface area contributed by atoms with Crippen molar-refractivity contribution in [2.24, 2.45) is 0 Å². The first kappa shape index (κ1) is 24.7. The first-order valence-corrected chi connectivity index (χ1v) is 10.4. The molecular formula is C24H31N3O5. The van der Waals surface area contributed by atoms with E-state index < -0.39 is 17.6 Å². The van der Waals surface area contributed by atoms with E-state index in [4.69, 9.17) is 9.47 Å². The molecule has 32 heavy (non-hydrogen) atoms. The monoisotopic (exact) mass is 441 g/mol. The second kappa shape index (κ2) is 11.7. The summed E-state index contributed by atoms with van der Waals surface area (Å²) in [5.74, 6) is 0.253. The molecule has 0 heterocycles. The molecule has 8 nitrogen and oxygen atoms in total. The molecule has 8 heteroatoms. The van der Waals surface area contributed by atoms with Crippen LogP contribution >= 0.6 is 0 Å². The van der Waals surface area contributed by atoms with Gasteiger partial charge in [0, 0.05) is 18.7 Å². The van der Waals surface area contributed by atoms with Gasteiger partial charge in [-0.15, -0.1) is 0 Å². The number of para-hydroxylation sites is 2. The van der Waals surface area contributed by atoms with Gasteiger partial charge in [0.25, 0.3) is 0 Å². The van der Waals surface area contributed by atoms with Crippen LogP contribution in [-0.4, -0.2) is 37.2 Å². The zero-order valence-corrected chi connectivity index (χ0v) is 19.0. The number of hydrogen-bond acceptors (Lipinski definition) is 5. The molecule has 0 aliphatic carbocycles. The van der Waals surface area contributed by atoms with Crippen LogP contribution in [0, 0.1) is 0 Å². The van der Waals surface area contributed by atoms with Gasteiger partial charge in [-0.1, -0.05) is 36.4 Å². The SMILES string of the molecule is COc1ccccc1CCC(=O)NCc1ccccc1NC(=O)CNC(=O)OC(C)(C)C. The predicted molar refractivity (Wildman–Crippen MR) is 122 cm³/mol. The normalized spacial score (nSPS) is 10.8. The summed E-state index contributed by atoms with van der Waals surface area (Å²) in [7, 11) is 1.60. The van der Waals surface area contributed by atoms with Crippen LogP contribution in [0.3, 0.4) is 0 Å². The van der Waals surface area contributed by atoms with Crippen LogP contribution in [0.4, 0.5) is 10.5 Å². The smallest absolute Gasteiger partial charge is 0.408 e. The average molecular weight is 442 g/mol. The van der Waals surface area contributed by atoms with Gasteiger partial charge in [-0.05, 0) is 50.5 Å². The van der Waals surface area contributed by atoms with Crippen LogP contribution < -0.4 is 20.7 Å². The van der Waals surface area contributed by atoms with Crippen LogP contribution in [0.1, 0.15) is 38.3 Å². The number of hydrogen-bond donors (Lipinski definition) is 3. The minimum atomic E-state index is -0.664. The Morgan fingerprint density at radius 2 is 1.53 bits per heavy atom. The number of amides is 3. The van der Waals surface area contributed by atoms with Gasteiger partial charge in [0.2, 0.25) is 11.8 Å². The topological polar surface area (TPSA) is 106 Å². The van der Waals surface area contributed by atoms with Crippen LogP contribution in [0.5, 0.6) is 5.75 Å². The molecule has 0 saturated carbocycles. The fourth-order valence-electron chi connectivity index (χ4n) is 2.90. The largest absolute Gasteiger partial charge is 0.496 e. The maximum absolute atomic E-state index is 12.3. The van der Waals surface area contributed by atoms with Gasteiger partial charge in [0.15, 0.2) is 0 Å². The van der Waals surface area contributed by atoms with E-state index >= 15 is 0 Å². The molecule has 0 saturated heterocycles. The Hall–Kier alpha value is -3.55. The van der Waals surface area contributed by atoms with E-state index in [0.29, 0.717) is 18.5 Å². The van der Waals surface area contributed by atoms with Crippen molar-refractivity contribution in [2.75, 3.05) is 19.0 Å². The highest BCUT2D eigenvalue weighted by Crippen LogP contribution is 2.19. The lowest BCUT2D eigenvalue weighted by molar-refractivity contribution is -0.121. The molecule has 3 amide bonds. The lowest BCUT2D eigenvalue weighted by atomic mass is 10.1. The molecule has 172 valence electrons. The maximum Gasteiger partial charge on any atom is 0.408 e. The molecule has 2 aromatic rings. The van der Waals surface area contributed by atoms with E-state index in [9.17, 15) is 14.4 Å². The first-order valence-electron chi connectivity index (χ1n) is 10.4. The summed E-state index contributed by atoms with van der Waals surface area (Å²) in [4.78, 5) is 36.2. The summed E-state index contributed by atoms with van der Waals surface area (Å²) in [5, 5.41) is 8.04. The van der Waals surface area contributed by atoms with Crippen molar-refractivity contribution in [1.29, 1.82) is 0 Å². The third-order valence-electron chi connectivity index (χ3n) is 4.37. The third-order valence-corrected chi connectivity index (χ3v) is 4.37. The number of methoxy groups -OCH3 is 1. The van der Waals surface area contributed by atoms with Gasteiger partial charge in [0.1, 0.15) is 17.9 Å². The Balaban J connectivity index is 1.84. The van der Waals surface area contributed by atoms with Gasteiger partial charge < -0.3 is 25.4 Å². The number of ether oxygens (including phenoxy) is 2. The van der Waals surface area contributed by atoms with Crippen LogP contribution in [-0.2, 0) is 27.3 Å². The van der Waals surface area contributed by atoms with Crippen molar-refractivity contribution in [2.45, 2.75) is 45.8 Å². The number of nitrogens with one attached hydrogen (secondary N) is 3. The Labute approximate surface area is 188 Å². The van der Waals surface area contributed by atoms with E-state index in [1.165, 1.54) is 0 Å². The zero-order valence-electron chi connectivity index (χ0n) is 19.0. The van der Waals surface area contributed by atoms with Gasteiger partial charge in [-0.2, -0.15) is 0 Å². The average Bonchev–Trinajstić information content (AvgIpc) is 2.74. The molecule has 0 aliphatic rings. The Morgan fingerprint density at radius 3 is 2.22 bits per heavy atom. The molecule has 2 aromatic carbocycles. The molecule has 0 radical (unpaired) electrons. The van der Waals surface area contributed by atoms with Crippen molar-refractivity contribution in [3.8, 4) is 5.75 Å². The van der Waals surface area contributed by atoms with E-state index in [2.05, 4.69) is 16.0 Å².